The highest BCUT2D eigenvalue weighted by atomic mass is 32.2. The molecular formula is C6H7N3O6S2. The second-order valence-electron chi connectivity index (χ2n) is 2.98. The molecule has 0 aliphatic rings. The van der Waals surface area contributed by atoms with E-state index in [1.54, 1.807) is 0 Å². The van der Waals surface area contributed by atoms with Crippen LogP contribution < -0.4 is 10.3 Å². The van der Waals surface area contributed by atoms with Gasteiger partial charge in [0.1, 0.15) is 0 Å². The van der Waals surface area contributed by atoms with Crippen LogP contribution in [0.3, 0.4) is 0 Å². The van der Waals surface area contributed by atoms with E-state index < -0.39 is 40.4 Å². The molecule has 17 heavy (non-hydrogen) atoms. The molecule has 0 aliphatic carbocycles. The zero-order chi connectivity index (χ0) is 13.4. The first-order chi connectivity index (χ1) is 7.53. The summed E-state index contributed by atoms with van der Waals surface area (Å²) >= 11 is 0. The number of primary sulfonamides is 2. The highest BCUT2D eigenvalue weighted by molar-refractivity contribution is 7.89. The quantitative estimate of drug-likeness (QED) is 0.526. The fourth-order valence-electron chi connectivity index (χ4n) is 1.06. The maximum atomic E-state index is 11.0. The minimum absolute atomic E-state index is 0.537. The minimum Gasteiger partial charge on any atom is -0.258 e. The number of nitrogens with two attached hydrogens (primary N) is 2. The third-order valence-corrected chi connectivity index (χ3v) is 3.63. The van der Waals surface area contributed by atoms with Crippen LogP contribution in [0.4, 0.5) is 5.69 Å². The summed E-state index contributed by atoms with van der Waals surface area (Å²) in [5.41, 5.74) is -0.945. The Hall–Kier alpha value is -1.56. The molecule has 9 nitrogen and oxygen atoms in total. The normalized spacial score (nSPS) is 12.4. The molecule has 4 N–H and O–H groups in total. The summed E-state index contributed by atoms with van der Waals surface area (Å²) in [6.45, 7) is 0. The summed E-state index contributed by atoms with van der Waals surface area (Å²) in [4.78, 5) is 8.18. The first-order valence-electron chi connectivity index (χ1n) is 3.87. The van der Waals surface area contributed by atoms with Crippen molar-refractivity contribution in [2.45, 2.75) is 9.79 Å². The van der Waals surface area contributed by atoms with Crippen molar-refractivity contribution in [2.24, 2.45) is 10.3 Å². The Labute approximate surface area is 96.3 Å². The molecule has 11 heteroatoms. The first kappa shape index (κ1) is 13.5. The average molecular weight is 281 g/mol. The molecule has 0 heterocycles. The van der Waals surface area contributed by atoms with Crippen molar-refractivity contribution in [2.75, 3.05) is 0 Å². The summed E-state index contributed by atoms with van der Waals surface area (Å²) < 4.78 is 43.9. The maximum Gasteiger partial charge on any atom is 0.290 e. The molecule has 1 aromatic rings. The molecule has 0 fully saturated rings. The predicted molar refractivity (Wildman–Crippen MR) is 55.8 cm³/mol. The highest BCUT2D eigenvalue weighted by Gasteiger charge is 2.25. The van der Waals surface area contributed by atoms with Gasteiger partial charge in [0, 0.05) is 6.07 Å². The fraction of sp³-hybridized carbons (Fsp3) is 0. The molecule has 0 radical (unpaired) electrons. The third kappa shape index (κ3) is 2.97. The van der Waals surface area contributed by atoms with Crippen molar-refractivity contribution in [1.29, 1.82) is 0 Å². The molecule has 0 bridgehead atoms. The van der Waals surface area contributed by atoms with Gasteiger partial charge < -0.3 is 0 Å². The van der Waals surface area contributed by atoms with Gasteiger partial charge in [-0.3, -0.25) is 10.1 Å². The molecule has 0 saturated carbocycles. The Balaban J connectivity index is 3.66. The first-order valence-corrected chi connectivity index (χ1v) is 6.97. The van der Waals surface area contributed by atoms with E-state index in [0.717, 1.165) is 6.07 Å². The van der Waals surface area contributed by atoms with Gasteiger partial charge in [-0.25, -0.2) is 27.1 Å². The van der Waals surface area contributed by atoms with Crippen LogP contribution in [0, 0.1) is 10.1 Å². The van der Waals surface area contributed by atoms with Gasteiger partial charge in [0.05, 0.1) is 9.82 Å². The van der Waals surface area contributed by atoms with Gasteiger partial charge in [0.25, 0.3) is 5.69 Å². The van der Waals surface area contributed by atoms with Crippen LogP contribution in [0.15, 0.2) is 28.0 Å². The zero-order valence-electron chi connectivity index (χ0n) is 8.10. The van der Waals surface area contributed by atoms with Gasteiger partial charge in [-0.05, 0) is 12.1 Å². The van der Waals surface area contributed by atoms with Crippen LogP contribution in [0.2, 0.25) is 0 Å². The lowest BCUT2D eigenvalue weighted by Gasteiger charge is -2.02. The van der Waals surface area contributed by atoms with E-state index in [2.05, 4.69) is 0 Å². The molecule has 0 unspecified atom stereocenters. The Kier molecular flexibility index (Phi) is 3.20. The smallest absolute Gasteiger partial charge is 0.258 e. The standard InChI is InChI=1S/C6H7N3O6S2/c7-16(12,13)4-1-2-6(17(8,14)15)5(3-4)9(10)11/h1-3H,(H2,7,12,13)(H2,8,14,15). The van der Waals surface area contributed by atoms with Crippen LogP contribution in [0.1, 0.15) is 0 Å². The lowest BCUT2D eigenvalue weighted by Crippen LogP contribution is -2.16. The molecule has 0 amide bonds. The van der Waals surface area contributed by atoms with Gasteiger partial charge in [-0.2, -0.15) is 0 Å². The summed E-state index contributed by atoms with van der Waals surface area (Å²) in [6.07, 6.45) is 0. The fourth-order valence-corrected chi connectivity index (χ4v) is 2.27. The Morgan fingerprint density at radius 2 is 1.59 bits per heavy atom. The van der Waals surface area contributed by atoms with Crippen molar-refractivity contribution < 1.29 is 21.8 Å². The molecule has 0 saturated heterocycles. The highest BCUT2D eigenvalue weighted by Crippen LogP contribution is 2.25. The van der Waals surface area contributed by atoms with E-state index in [1.165, 1.54) is 0 Å². The van der Waals surface area contributed by atoms with E-state index >= 15 is 0 Å². The number of hydrogen-bond donors (Lipinski definition) is 2. The third-order valence-electron chi connectivity index (χ3n) is 1.76. The minimum atomic E-state index is -4.32. The number of sulfonamides is 2. The van der Waals surface area contributed by atoms with Gasteiger partial charge in [-0.15, -0.1) is 0 Å². The SMILES string of the molecule is NS(=O)(=O)c1ccc(S(N)(=O)=O)c([N+](=O)[O-])c1. The number of nitro groups is 1. The van der Waals surface area contributed by atoms with Gasteiger partial charge >= 0.3 is 0 Å². The zero-order valence-corrected chi connectivity index (χ0v) is 9.73. The number of nitro benzene ring substituents is 1. The second kappa shape index (κ2) is 4.03. The molecule has 0 aliphatic heterocycles. The Bertz CT molecular complexity index is 678. The maximum absolute atomic E-state index is 11.0. The molecule has 1 rings (SSSR count). The van der Waals surface area contributed by atoms with E-state index in [9.17, 15) is 26.9 Å². The number of rotatable bonds is 3. The summed E-state index contributed by atoms with van der Waals surface area (Å²) in [5, 5.41) is 20.1. The second-order valence-corrected chi connectivity index (χ2v) is 6.07. The van der Waals surface area contributed by atoms with Crippen LogP contribution in [-0.4, -0.2) is 21.8 Å². The van der Waals surface area contributed by atoms with E-state index in [0.29, 0.717) is 12.1 Å². The van der Waals surface area contributed by atoms with Crippen molar-refractivity contribution in [3.63, 3.8) is 0 Å². The summed E-state index contributed by atoms with van der Waals surface area (Å²) in [6, 6.07) is 2.07. The van der Waals surface area contributed by atoms with E-state index in [-0.39, 0.29) is 0 Å². The van der Waals surface area contributed by atoms with Crippen molar-refractivity contribution in [1.82, 2.24) is 0 Å². The Morgan fingerprint density at radius 3 is 1.94 bits per heavy atom. The van der Waals surface area contributed by atoms with Crippen molar-refractivity contribution in [3.8, 4) is 0 Å². The molecule has 0 spiro atoms. The number of hydrogen-bond acceptors (Lipinski definition) is 6. The van der Waals surface area contributed by atoms with Crippen molar-refractivity contribution >= 4 is 25.7 Å². The summed E-state index contributed by atoms with van der Waals surface area (Å²) in [7, 11) is -8.48. The van der Waals surface area contributed by atoms with Crippen LogP contribution >= 0.6 is 0 Å². The Morgan fingerprint density at radius 1 is 1.06 bits per heavy atom. The van der Waals surface area contributed by atoms with Gasteiger partial charge in [-0.1, -0.05) is 0 Å². The lowest BCUT2D eigenvalue weighted by atomic mass is 10.3. The van der Waals surface area contributed by atoms with E-state index in [4.69, 9.17) is 10.3 Å². The largest absolute Gasteiger partial charge is 0.290 e. The monoisotopic (exact) mass is 281 g/mol. The summed E-state index contributed by atoms with van der Waals surface area (Å²) in [5.74, 6) is 0. The van der Waals surface area contributed by atoms with Gasteiger partial charge in [0.2, 0.25) is 20.0 Å². The number of nitrogens with zero attached hydrogens (tertiary/aromatic N) is 1. The molecule has 1 aromatic carbocycles. The molecule has 0 atom stereocenters. The molecule has 0 aromatic heterocycles. The van der Waals surface area contributed by atoms with Crippen LogP contribution in [0.5, 0.6) is 0 Å². The van der Waals surface area contributed by atoms with Crippen LogP contribution in [-0.2, 0) is 20.0 Å². The number of benzene rings is 1. The van der Waals surface area contributed by atoms with Gasteiger partial charge in [0.15, 0.2) is 4.90 Å². The van der Waals surface area contributed by atoms with Crippen molar-refractivity contribution in [3.05, 3.63) is 28.3 Å². The predicted octanol–water partition coefficient (Wildman–Crippen LogP) is -1.11. The molecular weight excluding hydrogens is 274 g/mol. The lowest BCUT2D eigenvalue weighted by molar-refractivity contribution is -0.388. The van der Waals surface area contributed by atoms with E-state index in [1.807, 2.05) is 0 Å². The van der Waals surface area contributed by atoms with Crippen LogP contribution in [0.25, 0.3) is 0 Å². The molecule has 94 valence electrons. The average Bonchev–Trinajstić information content (AvgIpc) is 2.14. The topological polar surface area (TPSA) is 163 Å².